The van der Waals surface area contributed by atoms with E-state index in [1.165, 1.54) is 12.3 Å². The minimum absolute atomic E-state index is 0.0395. The predicted octanol–water partition coefficient (Wildman–Crippen LogP) is 2.59. The number of aromatic nitrogens is 1. The lowest BCUT2D eigenvalue weighted by atomic mass is 10.3. The van der Waals surface area contributed by atoms with Crippen molar-refractivity contribution in [1.29, 1.82) is 0 Å². The third-order valence-corrected chi connectivity index (χ3v) is 2.42. The first-order valence-electron chi connectivity index (χ1n) is 5.18. The molecule has 1 N–H and O–H groups in total. The molecule has 0 aliphatic carbocycles. The Labute approximate surface area is 108 Å². The lowest BCUT2D eigenvalue weighted by Gasteiger charge is -2.14. The van der Waals surface area contributed by atoms with Crippen molar-refractivity contribution >= 4 is 27.4 Å². The lowest BCUT2D eigenvalue weighted by Crippen LogP contribution is -2.22. The number of hydrogen-bond acceptors (Lipinski definition) is 5. The molecule has 1 unspecified atom stereocenters. The molecule has 0 bridgehead atoms. The van der Waals surface area contributed by atoms with Crippen molar-refractivity contribution in [2.75, 3.05) is 18.5 Å². The standard InChI is InChI=1S/C10H14BrN3O3/c1-3-17-6-7(2)13-10-9(14(15)16)4-8(11)5-12-10/h4-5,7H,3,6H2,1-2H3,(H,12,13). The van der Waals surface area contributed by atoms with Crippen LogP contribution in [0.2, 0.25) is 0 Å². The molecule has 0 spiro atoms. The summed E-state index contributed by atoms with van der Waals surface area (Å²) < 4.78 is 5.80. The Morgan fingerprint density at radius 3 is 3.00 bits per heavy atom. The van der Waals surface area contributed by atoms with E-state index in [0.29, 0.717) is 17.7 Å². The largest absolute Gasteiger partial charge is 0.380 e. The lowest BCUT2D eigenvalue weighted by molar-refractivity contribution is -0.384. The van der Waals surface area contributed by atoms with Crippen LogP contribution in [-0.4, -0.2) is 29.2 Å². The van der Waals surface area contributed by atoms with Gasteiger partial charge in [0, 0.05) is 29.4 Å². The van der Waals surface area contributed by atoms with Crippen molar-refractivity contribution in [3.8, 4) is 0 Å². The van der Waals surface area contributed by atoms with Crippen molar-refractivity contribution in [2.45, 2.75) is 19.9 Å². The summed E-state index contributed by atoms with van der Waals surface area (Å²) in [7, 11) is 0. The molecule has 94 valence electrons. The maximum Gasteiger partial charge on any atom is 0.312 e. The van der Waals surface area contributed by atoms with E-state index in [9.17, 15) is 10.1 Å². The van der Waals surface area contributed by atoms with Gasteiger partial charge in [-0.2, -0.15) is 0 Å². The summed E-state index contributed by atoms with van der Waals surface area (Å²) in [5, 5.41) is 13.8. The van der Waals surface area contributed by atoms with Gasteiger partial charge in [-0.3, -0.25) is 10.1 Å². The molecule has 0 aromatic carbocycles. The molecule has 6 nitrogen and oxygen atoms in total. The topological polar surface area (TPSA) is 77.3 Å². The van der Waals surface area contributed by atoms with Crippen LogP contribution in [0.25, 0.3) is 0 Å². The Morgan fingerprint density at radius 1 is 1.71 bits per heavy atom. The third-order valence-electron chi connectivity index (χ3n) is 1.99. The van der Waals surface area contributed by atoms with Crippen LogP contribution in [-0.2, 0) is 4.74 Å². The number of nitrogens with one attached hydrogen (secondary N) is 1. The Kier molecular flexibility index (Phi) is 5.30. The highest BCUT2D eigenvalue weighted by Gasteiger charge is 2.17. The number of pyridine rings is 1. The van der Waals surface area contributed by atoms with Crippen LogP contribution in [0.3, 0.4) is 0 Å². The van der Waals surface area contributed by atoms with Crippen LogP contribution in [0.4, 0.5) is 11.5 Å². The average molecular weight is 304 g/mol. The van der Waals surface area contributed by atoms with Gasteiger partial charge in [-0.15, -0.1) is 0 Å². The van der Waals surface area contributed by atoms with Gasteiger partial charge in [-0.25, -0.2) is 4.98 Å². The summed E-state index contributed by atoms with van der Waals surface area (Å²) >= 11 is 3.15. The monoisotopic (exact) mass is 303 g/mol. The molecule has 7 heteroatoms. The van der Waals surface area contributed by atoms with Crippen molar-refractivity contribution in [3.63, 3.8) is 0 Å². The minimum atomic E-state index is -0.465. The number of nitro groups is 1. The van der Waals surface area contributed by atoms with Gasteiger partial charge in [0.05, 0.1) is 11.5 Å². The molecule has 0 fully saturated rings. The van der Waals surface area contributed by atoms with Crippen LogP contribution in [0.1, 0.15) is 13.8 Å². The van der Waals surface area contributed by atoms with Crippen molar-refractivity contribution in [1.82, 2.24) is 4.98 Å². The number of hydrogen-bond donors (Lipinski definition) is 1. The summed E-state index contributed by atoms with van der Waals surface area (Å²) in [6, 6.07) is 1.38. The first-order valence-corrected chi connectivity index (χ1v) is 5.98. The zero-order valence-corrected chi connectivity index (χ0v) is 11.2. The van der Waals surface area contributed by atoms with E-state index in [1.54, 1.807) is 0 Å². The molecule has 1 heterocycles. The van der Waals surface area contributed by atoms with E-state index >= 15 is 0 Å². The van der Waals surface area contributed by atoms with E-state index in [4.69, 9.17) is 4.74 Å². The summed E-state index contributed by atoms with van der Waals surface area (Å²) in [4.78, 5) is 14.4. The molecule has 0 aliphatic heterocycles. The minimum Gasteiger partial charge on any atom is -0.380 e. The normalized spacial score (nSPS) is 12.2. The molecule has 0 radical (unpaired) electrons. The Morgan fingerprint density at radius 2 is 2.41 bits per heavy atom. The van der Waals surface area contributed by atoms with Gasteiger partial charge >= 0.3 is 5.69 Å². The fraction of sp³-hybridized carbons (Fsp3) is 0.500. The van der Waals surface area contributed by atoms with Crippen LogP contribution >= 0.6 is 15.9 Å². The average Bonchev–Trinajstić information content (AvgIpc) is 2.28. The van der Waals surface area contributed by atoms with Crippen LogP contribution in [0.15, 0.2) is 16.7 Å². The van der Waals surface area contributed by atoms with Gasteiger partial charge in [0.2, 0.25) is 5.82 Å². The number of halogens is 1. The van der Waals surface area contributed by atoms with Crippen molar-refractivity contribution < 1.29 is 9.66 Å². The van der Waals surface area contributed by atoms with E-state index < -0.39 is 4.92 Å². The van der Waals surface area contributed by atoms with Gasteiger partial charge in [0.15, 0.2) is 0 Å². The quantitative estimate of drug-likeness (QED) is 0.645. The predicted molar refractivity (Wildman–Crippen MR) is 68.2 cm³/mol. The van der Waals surface area contributed by atoms with Gasteiger partial charge < -0.3 is 10.1 Å². The summed E-state index contributed by atoms with van der Waals surface area (Å²) in [6.07, 6.45) is 1.52. The Hall–Kier alpha value is -1.21. The second-order valence-electron chi connectivity index (χ2n) is 3.48. The van der Waals surface area contributed by atoms with E-state index in [0.717, 1.165) is 0 Å². The summed E-state index contributed by atoms with van der Waals surface area (Å²) in [5.41, 5.74) is -0.0530. The fourth-order valence-corrected chi connectivity index (χ4v) is 1.57. The third kappa shape index (κ3) is 4.27. The molecule has 0 saturated heterocycles. The maximum absolute atomic E-state index is 10.8. The maximum atomic E-state index is 10.8. The summed E-state index contributed by atoms with van der Waals surface area (Å²) in [6.45, 7) is 4.86. The van der Waals surface area contributed by atoms with Gasteiger partial charge in [0.25, 0.3) is 0 Å². The van der Waals surface area contributed by atoms with Gasteiger partial charge in [0.1, 0.15) is 0 Å². The van der Waals surface area contributed by atoms with E-state index in [1.807, 2.05) is 13.8 Å². The molecular weight excluding hydrogens is 290 g/mol. The van der Waals surface area contributed by atoms with Gasteiger partial charge in [-0.05, 0) is 29.8 Å². The molecule has 0 aliphatic rings. The van der Waals surface area contributed by atoms with Crippen LogP contribution < -0.4 is 5.32 Å². The fourth-order valence-electron chi connectivity index (χ4n) is 1.25. The second-order valence-corrected chi connectivity index (χ2v) is 4.40. The number of nitrogens with zero attached hydrogens (tertiary/aromatic N) is 2. The summed E-state index contributed by atoms with van der Waals surface area (Å²) in [5.74, 6) is 0.255. The highest BCUT2D eigenvalue weighted by Crippen LogP contribution is 2.25. The molecule has 1 atom stereocenters. The first-order chi connectivity index (χ1) is 8.04. The molecule has 1 aromatic rings. The SMILES string of the molecule is CCOCC(C)Nc1ncc(Br)cc1[N+](=O)[O-]. The Balaban J connectivity index is 2.79. The second kappa shape index (κ2) is 6.51. The van der Waals surface area contributed by atoms with Crippen molar-refractivity contribution in [3.05, 3.63) is 26.9 Å². The van der Waals surface area contributed by atoms with E-state index in [-0.39, 0.29) is 17.5 Å². The molecule has 17 heavy (non-hydrogen) atoms. The highest BCUT2D eigenvalue weighted by molar-refractivity contribution is 9.10. The molecule has 1 rings (SSSR count). The molecule has 0 saturated carbocycles. The van der Waals surface area contributed by atoms with Crippen LogP contribution in [0, 0.1) is 10.1 Å². The number of rotatable bonds is 6. The first kappa shape index (κ1) is 13.9. The smallest absolute Gasteiger partial charge is 0.312 e. The van der Waals surface area contributed by atoms with Gasteiger partial charge in [-0.1, -0.05) is 0 Å². The highest BCUT2D eigenvalue weighted by atomic mass is 79.9. The van der Waals surface area contributed by atoms with E-state index in [2.05, 4.69) is 26.2 Å². The zero-order valence-electron chi connectivity index (χ0n) is 9.64. The van der Waals surface area contributed by atoms with Crippen LogP contribution in [0.5, 0.6) is 0 Å². The van der Waals surface area contributed by atoms with Crippen molar-refractivity contribution in [2.24, 2.45) is 0 Å². The molecule has 0 amide bonds. The number of ether oxygens (including phenoxy) is 1. The molecule has 1 aromatic heterocycles. The number of anilines is 1. The Bertz CT molecular complexity index is 400. The molecular formula is C10H14BrN3O3. The zero-order chi connectivity index (χ0) is 12.8.